The molecule has 0 fully saturated rings. The third-order valence-corrected chi connectivity index (χ3v) is 7.83. The van der Waals surface area contributed by atoms with Crippen LogP contribution in [0.4, 0.5) is 0 Å². The van der Waals surface area contributed by atoms with E-state index in [1.54, 1.807) is 0 Å². The van der Waals surface area contributed by atoms with E-state index in [1.165, 1.54) is 33.9 Å². The summed E-state index contributed by atoms with van der Waals surface area (Å²) in [5.41, 5.74) is 10.00. The van der Waals surface area contributed by atoms with Gasteiger partial charge in [-0.25, -0.2) is 0 Å². The van der Waals surface area contributed by atoms with Gasteiger partial charge in [0.25, 0.3) is 0 Å². The van der Waals surface area contributed by atoms with Crippen LogP contribution >= 0.6 is 0 Å². The number of ketones is 1. The Morgan fingerprint density at radius 3 is 1.98 bits per heavy atom. The van der Waals surface area contributed by atoms with E-state index in [2.05, 4.69) is 76.0 Å². The molecule has 0 amide bonds. The van der Waals surface area contributed by atoms with Gasteiger partial charge in [0, 0.05) is 55.2 Å². The minimum Gasteiger partial charge on any atom is -0.512 e. The monoisotopic (exact) mass is 745 g/mol. The van der Waals surface area contributed by atoms with Gasteiger partial charge < -0.3 is 14.5 Å². The van der Waals surface area contributed by atoms with Crippen molar-refractivity contribution in [2.45, 2.75) is 88.0 Å². The van der Waals surface area contributed by atoms with E-state index >= 15 is 0 Å². The maximum absolute atomic E-state index is 11.7. The maximum Gasteiger partial charge on any atom is 0.162 e. The first-order valence-electron chi connectivity index (χ1n) is 14.9. The molecular formula is C37H46IrNO3-. The molecule has 0 saturated heterocycles. The molecule has 0 aliphatic carbocycles. The summed E-state index contributed by atoms with van der Waals surface area (Å²) in [4.78, 5) is 16.3. The minimum atomic E-state index is 0. The number of hydrogen-bond donors (Lipinski definition) is 1. The Morgan fingerprint density at radius 1 is 0.857 bits per heavy atom. The molecule has 227 valence electrons. The van der Waals surface area contributed by atoms with E-state index in [1.807, 2.05) is 40.0 Å². The van der Waals surface area contributed by atoms with Crippen molar-refractivity contribution in [2.75, 3.05) is 0 Å². The van der Waals surface area contributed by atoms with Gasteiger partial charge in [-0.05, 0) is 75.4 Å². The molecule has 0 aliphatic heterocycles. The van der Waals surface area contributed by atoms with E-state index in [0.29, 0.717) is 0 Å². The molecule has 1 N–H and O–H groups in total. The van der Waals surface area contributed by atoms with Gasteiger partial charge >= 0.3 is 0 Å². The second-order valence-corrected chi connectivity index (χ2v) is 11.2. The zero-order chi connectivity index (χ0) is 30.3. The summed E-state index contributed by atoms with van der Waals surface area (Å²) in [6.45, 7) is 18.6. The Morgan fingerprint density at radius 2 is 1.43 bits per heavy atom. The maximum atomic E-state index is 11.7. The summed E-state index contributed by atoms with van der Waals surface area (Å²) in [6, 6.07) is 16.1. The van der Waals surface area contributed by atoms with E-state index in [9.17, 15) is 9.90 Å². The summed E-state index contributed by atoms with van der Waals surface area (Å²) >= 11 is 0. The fraction of sp³-hybridized carbons (Fsp3) is 0.405. The first kappa shape index (κ1) is 35.2. The summed E-state index contributed by atoms with van der Waals surface area (Å²) in [5, 5.41) is 10.8. The third kappa shape index (κ3) is 8.75. The Kier molecular flexibility index (Phi) is 13.4. The Bertz CT molecular complexity index is 1480. The van der Waals surface area contributed by atoms with Crippen molar-refractivity contribution in [2.24, 2.45) is 11.8 Å². The van der Waals surface area contributed by atoms with Crippen LogP contribution in [-0.4, -0.2) is 15.9 Å². The van der Waals surface area contributed by atoms with Crippen LogP contribution in [0.5, 0.6) is 0 Å². The number of nitrogens with zero attached hydrogens (tertiary/aromatic N) is 1. The molecule has 0 bridgehead atoms. The Hall–Kier alpha value is -3.01. The van der Waals surface area contributed by atoms with Crippen LogP contribution in [0.25, 0.3) is 33.6 Å². The number of aliphatic hydroxyl groups is 1. The normalized spacial score (nSPS) is 11.5. The largest absolute Gasteiger partial charge is 0.512 e. The van der Waals surface area contributed by atoms with Gasteiger partial charge in [0.2, 0.25) is 0 Å². The molecule has 5 heteroatoms. The molecule has 2 aromatic heterocycles. The Labute approximate surface area is 266 Å². The number of carbonyl (C=O) groups is 1. The minimum absolute atomic E-state index is 0. The number of aryl methyl sites for hydroxylation is 5. The van der Waals surface area contributed by atoms with Gasteiger partial charge in [-0.2, -0.15) is 0 Å². The van der Waals surface area contributed by atoms with Crippen molar-refractivity contribution in [1.82, 2.24) is 4.98 Å². The number of aromatic nitrogens is 1. The van der Waals surface area contributed by atoms with E-state index < -0.39 is 0 Å². The second-order valence-electron chi connectivity index (χ2n) is 11.2. The van der Waals surface area contributed by atoms with Crippen molar-refractivity contribution in [3.8, 4) is 22.6 Å². The van der Waals surface area contributed by atoms with Crippen molar-refractivity contribution in [1.29, 1.82) is 0 Å². The SMILES string of the molecule is CCC(CC)C(=O)/C=C(\O)C(CC)CC.Cc1[c-]c(-c2cc3oc(-c4c(C)cc(C)cc4C)cc3cn2)cc(C)c1.[Ir]. The first-order chi connectivity index (χ1) is 19.5. The van der Waals surface area contributed by atoms with Crippen LogP contribution in [0, 0.1) is 52.5 Å². The first-order valence-corrected chi connectivity index (χ1v) is 14.9. The molecule has 1 radical (unpaired) electrons. The molecule has 0 atom stereocenters. The topological polar surface area (TPSA) is 63.3 Å². The fourth-order valence-electron chi connectivity index (χ4n) is 5.59. The molecule has 0 unspecified atom stereocenters. The van der Waals surface area contributed by atoms with Gasteiger partial charge in [-0.3, -0.25) is 4.79 Å². The molecule has 0 spiro atoms. The zero-order valence-corrected chi connectivity index (χ0v) is 29.0. The molecule has 2 heterocycles. The summed E-state index contributed by atoms with van der Waals surface area (Å²) in [6.07, 6.45) is 6.80. The van der Waals surface area contributed by atoms with Gasteiger partial charge in [0.05, 0.1) is 5.76 Å². The molecule has 0 saturated carbocycles. The third-order valence-electron chi connectivity index (χ3n) is 7.83. The van der Waals surface area contributed by atoms with E-state index in [4.69, 9.17) is 4.42 Å². The number of fused-ring (bicyclic) bond motifs is 1. The van der Waals surface area contributed by atoms with Gasteiger partial charge in [-0.15, -0.1) is 34.9 Å². The van der Waals surface area contributed by atoms with Gasteiger partial charge in [0.15, 0.2) is 5.78 Å². The molecule has 2 aromatic carbocycles. The van der Waals surface area contributed by atoms with Gasteiger partial charge in [0.1, 0.15) is 11.3 Å². The predicted molar refractivity (Wildman–Crippen MR) is 171 cm³/mol. The number of benzene rings is 2. The Balaban J connectivity index is 0.000000334. The number of hydrogen-bond acceptors (Lipinski definition) is 4. The summed E-state index contributed by atoms with van der Waals surface area (Å²) < 4.78 is 6.22. The average molecular weight is 745 g/mol. The van der Waals surface area contributed by atoms with Crippen LogP contribution < -0.4 is 0 Å². The van der Waals surface area contributed by atoms with E-state index in [-0.39, 0.29) is 43.5 Å². The smallest absolute Gasteiger partial charge is 0.162 e. The van der Waals surface area contributed by atoms with Crippen LogP contribution in [0.2, 0.25) is 0 Å². The van der Waals surface area contributed by atoms with Crippen LogP contribution in [0.1, 0.15) is 81.2 Å². The zero-order valence-electron chi connectivity index (χ0n) is 26.6. The van der Waals surface area contributed by atoms with Crippen molar-refractivity contribution >= 4 is 16.8 Å². The van der Waals surface area contributed by atoms with Crippen LogP contribution in [0.15, 0.2) is 58.8 Å². The number of carbonyl (C=O) groups excluding carboxylic acids is 1. The van der Waals surface area contributed by atoms with Crippen molar-refractivity contribution in [3.05, 3.63) is 88.3 Å². The number of rotatable bonds is 9. The molecule has 0 aliphatic rings. The number of allylic oxidation sites excluding steroid dienone is 2. The average Bonchev–Trinajstić information content (AvgIpc) is 3.32. The number of pyridine rings is 1. The molecular weight excluding hydrogens is 699 g/mol. The molecule has 42 heavy (non-hydrogen) atoms. The summed E-state index contributed by atoms with van der Waals surface area (Å²) in [5.74, 6) is 1.45. The number of aliphatic hydroxyl groups excluding tert-OH is 1. The fourth-order valence-corrected chi connectivity index (χ4v) is 5.59. The van der Waals surface area contributed by atoms with Gasteiger partial charge in [-0.1, -0.05) is 59.2 Å². The van der Waals surface area contributed by atoms with E-state index in [0.717, 1.165) is 59.2 Å². The van der Waals surface area contributed by atoms with Crippen LogP contribution in [-0.2, 0) is 24.9 Å². The molecule has 4 nitrogen and oxygen atoms in total. The standard InChI is InChI=1S/C24H22NO.C13H24O2.Ir/c1-14-6-15(2)10-19(9-14)21-12-22-20(13-25-21)11-23(26-22)24-17(4)7-16(3)8-18(24)5;1-5-10(6-2)12(14)9-13(15)11(7-3)8-4;/h6-9,11-13H,1-5H3;9-11,14H,5-8H2,1-4H3;/q-1;;/b;12-9-;. The number of furan rings is 1. The molecule has 4 aromatic rings. The molecule has 4 rings (SSSR count). The second kappa shape index (κ2) is 16.0. The predicted octanol–water partition coefficient (Wildman–Crippen LogP) is 10.4. The van der Waals surface area contributed by atoms with Crippen molar-refractivity contribution < 1.29 is 34.4 Å². The quantitative estimate of drug-likeness (QED) is 0.105. The van der Waals surface area contributed by atoms with Crippen molar-refractivity contribution in [3.63, 3.8) is 0 Å². The van der Waals surface area contributed by atoms with Crippen LogP contribution in [0.3, 0.4) is 0 Å². The summed E-state index contributed by atoms with van der Waals surface area (Å²) in [7, 11) is 0.